The van der Waals surface area contributed by atoms with Gasteiger partial charge in [-0.1, -0.05) is 35.9 Å². The lowest BCUT2D eigenvalue weighted by Gasteiger charge is -2.13. The Morgan fingerprint density at radius 2 is 1.80 bits per heavy atom. The van der Waals surface area contributed by atoms with Crippen LogP contribution in [-0.2, 0) is 6.54 Å². The highest BCUT2D eigenvalue weighted by molar-refractivity contribution is 14.0. The molecule has 0 heterocycles. The lowest BCUT2D eigenvalue weighted by atomic mass is 10.1. The number of nitrogens with one attached hydrogen (secondary N) is 3. The number of para-hydroxylation sites is 1. The third-order valence-electron chi connectivity index (χ3n) is 3.92. The minimum absolute atomic E-state index is 0. The number of aliphatic imine (C=N–C) groups is 1. The number of benzene rings is 2. The van der Waals surface area contributed by atoms with E-state index in [2.05, 4.69) is 25.7 Å². The van der Waals surface area contributed by atoms with Crippen LogP contribution in [0.15, 0.2) is 53.5 Å². The maximum absolute atomic E-state index is 12.5. The summed E-state index contributed by atoms with van der Waals surface area (Å²) in [5.41, 5.74) is 2.19. The van der Waals surface area contributed by atoms with Gasteiger partial charge in [0.25, 0.3) is 5.91 Å². The van der Waals surface area contributed by atoms with Crippen molar-refractivity contribution in [3.05, 3.63) is 65.2 Å². The molecule has 0 aliphatic carbocycles. The minimum atomic E-state index is -2.89. The number of hydrogen-bond acceptors (Lipinski definition) is 3. The van der Waals surface area contributed by atoms with Crippen LogP contribution in [0.4, 0.5) is 8.78 Å². The van der Waals surface area contributed by atoms with Crippen molar-refractivity contribution in [1.82, 2.24) is 16.0 Å². The van der Waals surface area contributed by atoms with E-state index >= 15 is 0 Å². The number of ether oxygens (including phenoxy) is 1. The van der Waals surface area contributed by atoms with Gasteiger partial charge in [-0.3, -0.25) is 4.79 Å². The van der Waals surface area contributed by atoms with Gasteiger partial charge in [0, 0.05) is 30.8 Å². The molecule has 3 N–H and O–H groups in total. The van der Waals surface area contributed by atoms with E-state index in [9.17, 15) is 13.6 Å². The SMILES string of the molecule is CCNC(=NCc1ccccc1OC(F)F)NCCNC(=O)c1cccc(C)c1.I. The van der Waals surface area contributed by atoms with Gasteiger partial charge in [-0.2, -0.15) is 8.78 Å². The zero-order chi connectivity index (χ0) is 21.1. The van der Waals surface area contributed by atoms with E-state index in [0.29, 0.717) is 36.7 Å². The Balaban J connectivity index is 0.00000450. The number of aryl methyl sites for hydroxylation is 1. The van der Waals surface area contributed by atoms with Crippen molar-refractivity contribution in [1.29, 1.82) is 0 Å². The van der Waals surface area contributed by atoms with Gasteiger partial charge in [0.2, 0.25) is 0 Å². The molecule has 2 aromatic rings. The van der Waals surface area contributed by atoms with Crippen molar-refractivity contribution in [2.45, 2.75) is 27.0 Å². The standard InChI is InChI=1S/C21H26F2N4O2.HI/c1-3-24-21(27-14-17-8-4-5-10-18(17)29-20(22)23)26-12-11-25-19(28)16-9-6-7-15(2)13-16;/h4-10,13,20H,3,11-12,14H2,1-2H3,(H,25,28)(H2,24,26,27);1H. The summed E-state index contributed by atoms with van der Waals surface area (Å²) in [5.74, 6) is 0.479. The van der Waals surface area contributed by atoms with Crippen LogP contribution in [0.1, 0.15) is 28.4 Å². The van der Waals surface area contributed by atoms with Crippen LogP contribution in [0.25, 0.3) is 0 Å². The quantitative estimate of drug-likeness (QED) is 0.199. The molecular weight excluding hydrogens is 505 g/mol. The molecule has 30 heavy (non-hydrogen) atoms. The van der Waals surface area contributed by atoms with Gasteiger partial charge in [-0.25, -0.2) is 4.99 Å². The van der Waals surface area contributed by atoms with Crippen LogP contribution >= 0.6 is 24.0 Å². The van der Waals surface area contributed by atoms with Crippen molar-refractivity contribution in [3.63, 3.8) is 0 Å². The first-order chi connectivity index (χ1) is 14.0. The summed E-state index contributed by atoms with van der Waals surface area (Å²) < 4.78 is 29.6. The second kappa shape index (κ2) is 13.7. The third kappa shape index (κ3) is 8.93. The van der Waals surface area contributed by atoms with Crippen molar-refractivity contribution in [2.24, 2.45) is 4.99 Å². The van der Waals surface area contributed by atoms with Gasteiger partial charge in [0.1, 0.15) is 5.75 Å². The molecular formula is C21H27F2IN4O2. The van der Waals surface area contributed by atoms with Gasteiger partial charge in [0.05, 0.1) is 6.54 Å². The second-order valence-electron chi connectivity index (χ2n) is 6.23. The average molecular weight is 532 g/mol. The van der Waals surface area contributed by atoms with Gasteiger partial charge >= 0.3 is 6.61 Å². The van der Waals surface area contributed by atoms with E-state index in [1.54, 1.807) is 24.3 Å². The van der Waals surface area contributed by atoms with Crippen molar-refractivity contribution >= 4 is 35.8 Å². The van der Waals surface area contributed by atoms with Gasteiger partial charge in [-0.05, 0) is 32.0 Å². The number of guanidine groups is 1. The van der Waals surface area contributed by atoms with Crippen LogP contribution < -0.4 is 20.7 Å². The van der Waals surface area contributed by atoms with Gasteiger partial charge < -0.3 is 20.7 Å². The molecule has 0 unspecified atom stereocenters. The first-order valence-corrected chi connectivity index (χ1v) is 9.39. The number of carbonyl (C=O) groups is 1. The summed E-state index contributed by atoms with van der Waals surface area (Å²) in [7, 11) is 0. The molecule has 9 heteroatoms. The molecule has 0 saturated heterocycles. The summed E-state index contributed by atoms with van der Waals surface area (Å²) in [4.78, 5) is 16.5. The Morgan fingerprint density at radius 3 is 2.50 bits per heavy atom. The van der Waals surface area contributed by atoms with E-state index in [4.69, 9.17) is 0 Å². The smallest absolute Gasteiger partial charge is 0.387 e. The molecule has 1 amide bonds. The summed E-state index contributed by atoms with van der Waals surface area (Å²) in [6, 6.07) is 13.9. The number of carbonyl (C=O) groups excluding carboxylic acids is 1. The average Bonchev–Trinajstić information content (AvgIpc) is 2.69. The van der Waals surface area contributed by atoms with Crippen molar-refractivity contribution in [3.8, 4) is 5.75 Å². The predicted molar refractivity (Wildman–Crippen MR) is 125 cm³/mol. The maximum atomic E-state index is 12.5. The zero-order valence-electron chi connectivity index (χ0n) is 17.0. The summed E-state index contributed by atoms with van der Waals surface area (Å²) in [6.07, 6.45) is 0. The topological polar surface area (TPSA) is 74.8 Å². The Hall–Kier alpha value is -2.43. The van der Waals surface area contributed by atoms with E-state index in [1.165, 1.54) is 6.07 Å². The van der Waals surface area contributed by atoms with Crippen LogP contribution in [0.3, 0.4) is 0 Å². The molecule has 0 aliphatic rings. The Kier molecular flexibility index (Phi) is 11.7. The third-order valence-corrected chi connectivity index (χ3v) is 3.92. The largest absolute Gasteiger partial charge is 0.434 e. The lowest BCUT2D eigenvalue weighted by molar-refractivity contribution is -0.0504. The number of halogens is 3. The first-order valence-electron chi connectivity index (χ1n) is 9.39. The number of rotatable bonds is 9. The van der Waals surface area contributed by atoms with E-state index in [1.807, 2.05) is 32.0 Å². The summed E-state index contributed by atoms with van der Waals surface area (Å²) >= 11 is 0. The Labute approximate surface area is 192 Å². The number of alkyl halides is 2. The Morgan fingerprint density at radius 1 is 1.07 bits per heavy atom. The van der Waals surface area contributed by atoms with Crippen molar-refractivity contribution in [2.75, 3.05) is 19.6 Å². The fourth-order valence-corrected chi connectivity index (χ4v) is 2.60. The molecule has 0 bridgehead atoms. The molecule has 0 fully saturated rings. The number of hydrogen-bond donors (Lipinski definition) is 3. The molecule has 0 aliphatic heterocycles. The molecule has 0 spiro atoms. The molecule has 2 rings (SSSR count). The Bertz CT molecular complexity index is 834. The summed E-state index contributed by atoms with van der Waals surface area (Å²) in [5, 5.41) is 9.02. The highest BCUT2D eigenvalue weighted by Crippen LogP contribution is 2.20. The highest BCUT2D eigenvalue weighted by Gasteiger charge is 2.09. The molecule has 0 aromatic heterocycles. The van der Waals surface area contributed by atoms with Crippen LogP contribution in [0.2, 0.25) is 0 Å². The molecule has 164 valence electrons. The predicted octanol–water partition coefficient (Wildman–Crippen LogP) is 3.70. The van der Waals surface area contributed by atoms with Crippen molar-refractivity contribution < 1.29 is 18.3 Å². The first kappa shape index (κ1) is 25.6. The molecule has 0 saturated carbocycles. The normalized spacial score (nSPS) is 10.9. The van der Waals surface area contributed by atoms with E-state index in [-0.39, 0.29) is 42.2 Å². The zero-order valence-corrected chi connectivity index (χ0v) is 19.3. The highest BCUT2D eigenvalue weighted by atomic mass is 127. The minimum Gasteiger partial charge on any atom is -0.434 e. The van der Waals surface area contributed by atoms with E-state index in [0.717, 1.165) is 5.56 Å². The number of nitrogens with zero attached hydrogens (tertiary/aromatic N) is 1. The van der Waals surface area contributed by atoms with E-state index < -0.39 is 6.61 Å². The van der Waals surface area contributed by atoms with Crippen LogP contribution in [-0.4, -0.2) is 38.1 Å². The van der Waals surface area contributed by atoms with Gasteiger partial charge in [-0.15, -0.1) is 24.0 Å². The molecule has 0 atom stereocenters. The number of amides is 1. The molecule has 2 aromatic carbocycles. The second-order valence-corrected chi connectivity index (χ2v) is 6.23. The monoisotopic (exact) mass is 532 g/mol. The molecule has 0 radical (unpaired) electrons. The summed E-state index contributed by atoms with van der Waals surface area (Å²) in [6.45, 7) is 2.64. The fourth-order valence-electron chi connectivity index (χ4n) is 2.60. The lowest BCUT2D eigenvalue weighted by Crippen LogP contribution is -2.41. The molecule has 6 nitrogen and oxygen atoms in total. The maximum Gasteiger partial charge on any atom is 0.387 e. The van der Waals surface area contributed by atoms with Crippen LogP contribution in [0, 0.1) is 6.92 Å². The fraction of sp³-hybridized carbons (Fsp3) is 0.333. The van der Waals surface area contributed by atoms with Crippen LogP contribution in [0.5, 0.6) is 5.75 Å². The van der Waals surface area contributed by atoms with Gasteiger partial charge in [0.15, 0.2) is 5.96 Å².